The van der Waals surface area contributed by atoms with Crippen LogP contribution in [0.25, 0.3) is 0 Å². The van der Waals surface area contributed by atoms with Crippen molar-refractivity contribution in [1.29, 1.82) is 0 Å². The number of nitrogens with one attached hydrogen (secondary N) is 1. The SMILES string of the molecule is CCOc1cc(C)c(C2COCC(C)N2)cc1C. The number of hydrogen-bond donors (Lipinski definition) is 1. The normalized spacial score (nSPS) is 24.0. The average Bonchev–Trinajstić information content (AvgIpc) is 2.33. The minimum atomic E-state index is 0.295. The topological polar surface area (TPSA) is 30.5 Å². The molecule has 2 unspecified atom stereocenters. The molecule has 0 aromatic heterocycles. The molecule has 1 aromatic carbocycles. The molecule has 1 heterocycles. The molecule has 18 heavy (non-hydrogen) atoms. The van der Waals surface area contributed by atoms with Gasteiger partial charge in [-0.3, -0.25) is 0 Å². The van der Waals surface area contributed by atoms with E-state index in [9.17, 15) is 0 Å². The zero-order chi connectivity index (χ0) is 13.1. The van der Waals surface area contributed by atoms with Gasteiger partial charge in [-0.2, -0.15) is 0 Å². The Balaban J connectivity index is 2.25. The summed E-state index contributed by atoms with van der Waals surface area (Å²) in [6.07, 6.45) is 0. The lowest BCUT2D eigenvalue weighted by Crippen LogP contribution is -2.42. The van der Waals surface area contributed by atoms with Crippen LogP contribution in [0.15, 0.2) is 12.1 Å². The Bertz CT molecular complexity index is 417. The maximum Gasteiger partial charge on any atom is 0.122 e. The number of hydrogen-bond acceptors (Lipinski definition) is 3. The van der Waals surface area contributed by atoms with Gasteiger partial charge in [0, 0.05) is 6.04 Å². The third kappa shape index (κ3) is 2.85. The van der Waals surface area contributed by atoms with Crippen LogP contribution in [0.1, 0.15) is 36.6 Å². The molecule has 1 aliphatic heterocycles. The summed E-state index contributed by atoms with van der Waals surface area (Å²) >= 11 is 0. The quantitative estimate of drug-likeness (QED) is 0.893. The van der Waals surface area contributed by atoms with Crippen LogP contribution in [0.5, 0.6) is 5.75 Å². The lowest BCUT2D eigenvalue weighted by atomic mass is 9.97. The lowest BCUT2D eigenvalue weighted by molar-refractivity contribution is 0.0502. The summed E-state index contributed by atoms with van der Waals surface area (Å²) < 4.78 is 11.3. The van der Waals surface area contributed by atoms with E-state index in [1.807, 2.05) is 6.92 Å². The van der Waals surface area contributed by atoms with E-state index in [2.05, 4.69) is 38.2 Å². The molecule has 100 valence electrons. The number of ether oxygens (including phenoxy) is 2. The minimum Gasteiger partial charge on any atom is -0.494 e. The highest BCUT2D eigenvalue weighted by Crippen LogP contribution is 2.28. The Kier molecular flexibility index (Phi) is 4.25. The molecular formula is C15H23NO2. The number of aryl methyl sites for hydroxylation is 2. The molecule has 0 aliphatic carbocycles. The summed E-state index contributed by atoms with van der Waals surface area (Å²) in [6, 6.07) is 5.06. The molecule has 3 heteroatoms. The number of morpholine rings is 1. The lowest BCUT2D eigenvalue weighted by Gasteiger charge is -2.30. The average molecular weight is 249 g/mol. The van der Waals surface area contributed by atoms with E-state index in [-0.39, 0.29) is 0 Å². The predicted octanol–water partition coefficient (Wildman–Crippen LogP) is 2.75. The van der Waals surface area contributed by atoms with Crippen molar-refractivity contribution in [2.75, 3.05) is 19.8 Å². The van der Waals surface area contributed by atoms with E-state index in [0.29, 0.717) is 18.7 Å². The Morgan fingerprint density at radius 2 is 2.06 bits per heavy atom. The van der Waals surface area contributed by atoms with Crippen molar-refractivity contribution in [3.05, 3.63) is 28.8 Å². The fourth-order valence-electron chi connectivity index (χ4n) is 2.48. The minimum absolute atomic E-state index is 0.295. The molecule has 3 nitrogen and oxygen atoms in total. The Morgan fingerprint density at radius 3 is 2.72 bits per heavy atom. The van der Waals surface area contributed by atoms with Crippen molar-refractivity contribution in [2.45, 2.75) is 39.8 Å². The van der Waals surface area contributed by atoms with E-state index in [4.69, 9.17) is 9.47 Å². The van der Waals surface area contributed by atoms with Crippen molar-refractivity contribution >= 4 is 0 Å². The molecule has 0 saturated carbocycles. The third-order valence-electron chi connectivity index (χ3n) is 3.38. The Morgan fingerprint density at radius 1 is 1.28 bits per heavy atom. The number of rotatable bonds is 3. The second-order valence-corrected chi connectivity index (χ2v) is 5.07. The smallest absolute Gasteiger partial charge is 0.122 e. The first kappa shape index (κ1) is 13.4. The molecule has 1 saturated heterocycles. The molecule has 0 radical (unpaired) electrons. The van der Waals surface area contributed by atoms with Crippen LogP contribution in [0, 0.1) is 13.8 Å². The first-order valence-corrected chi connectivity index (χ1v) is 6.69. The second-order valence-electron chi connectivity index (χ2n) is 5.07. The van der Waals surface area contributed by atoms with Gasteiger partial charge in [0.05, 0.1) is 25.9 Å². The number of benzene rings is 1. The summed E-state index contributed by atoms with van der Waals surface area (Å²) in [6.45, 7) is 10.7. The monoisotopic (exact) mass is 249 g/mol. The molecular weight excluding hydrogens is 226 g/mol. The van der Waals surface area contributed by atoms with Gasteiger partial charge in [0.15, 0.2) is 0 Å². The van der Waals surface area contributed by atoms with Crippen LogP contribution in [0.4, 0.5) is 0 Å². The molecule has 1 fully saturated rings. The van der Waals surface area contributed by atoms with Crippen LogP contribution in [0.3, 0.4) is 0 Å². The maximum absolute atomic E-state index is 5.63. The van der Waals surface area contributed by atoms with Gasteiger partial charge < -0.3 is 14.8 Å². The van der Waals surface area contributed by atoms with Crippen LogP contribution >= 0.6 is 0 Å². The summed E-state index contributed by atoms with van der Waals surface area (Å²) in [4.78, 5) is 0. The van der Waals surface area contributed by atoms with Gasteiger partial charge in [-0.05, 0) is 50.5 Å². The second kappa shape index (κ2) is 5.72. The van der Waals surface area contributed by atoms with Crippen LogP contribution in [-0.4, -0.2) is 25.9 Å². The zero-order valence-electron chi connectivity index (χ0n) is 11.7. The van der Waals surface area contributed by atoms with Gasteiger partial charge >= 0.3 is 0 Å². The zero-order valence-corrected chi connectivity index (χ0v) is 11.7. The molecule has 0 bridgehead atoms. The van der Waals surface area contributed by atoms with E-state index < -0.39 is 0 Å². The first-order chi connectivity index (χ1) is 8.61. The van der Waals surface area contributed by atoms with Crippen molar-refractivity contribution in [1.82, 2.24) is 5.32 Å². The van der Waals surface area contributed by atoms with Gasteiger partial charge in [0.25, 0.3) is 0 Å². The molecule has 1 aliphatic rings. The van der Waals surface area contributed by atoms with Crippen LogP contribution in [-0.2, 0) is 4.74 Å². The first-order valence-electron chi connectivity index (χ1n) is 6.69. The maximum atomic E-state index is 5.63. The van der Waals surface area contributed by atoms with Gasteiger partial charge in [0.1, 0.15) is 5.75 Å². The molecule has 1 N–H and O–H groups in total. The van der Waals surface area contributed by atoms with Crippen LogP contribution in [0.2, 0.25) is 0 Å². The summed E-state index contributed by atoms with van der Waals surface area (Å²) in [5, 5.41) is 3.59. The van der Waals surface area contributed by atoms with Gasteiger partial charge in [0.2, 0.25) is 0 Å². The van der Waals surface area contributed by atoms with Crippen molar-refractivity contribution in [3.63, 3.8) is 0 Å². The van der Waals surface area contributed by atoms with E-state index in [1.165, 1.54) is 16.7 Å². The van der Waals surface area contributed by atoms with Crippen LogP contribution < -0.4 is 10.1 Å². The summed E-state index contributed by atoms with van der Waals surface area (Å²) in [5.41, 5.74) is 3.78. The fourth-order valence-corrected chi connectivity index (χ4v) is 2.48. The van der Waals surface area contributed by atoms with E-state index in [0.717, 1.165) is 19.0 Å². The molecule has 2 rings (SSSR count). The predicted molar refractivity (Wildman–Crippen MR) is 73.2 cm³/mol. The standard InChI is InChI=1S/C15H23NO2/c1-5-18-15-7-10(2)13(6-11(15)3)14-9-17-8-12(4)16-14/h6-7,12,14,16H,5,8-9H2,1-4H3. The van der Waals surface area contributed by atoms with E-state index >= 15 is 0 Å². The largest absolute Gasteiger partial charge is 0.494 e. The molecule has 2 atom stereocenters. The van der Waals surface area contributed by atoms with E-state index in [1.54, 1.807) is 0 Å². The summed E-state index contributed by atoms with van der Waals surface area (Å²) in [7, 11) is 0. The Labute approximate surface area is 109 Å². The molecule has 1 aromatic rings. The summed E-state index contributed by atoms with van der Waals surface area (Å²) in [5.74, 6) is 0.989. The van der Waals surface area contributed by atoms with Crippen molar-refractivity contribution in [2.24, 2.45) is 0 Å². The molecule has 0 amide bonds. The molecule has 0 spiro atoms. The van der Waals surface area contributed by atoms with Crippen molar-refractivity contribution < 1.29 is 9.47 Å². The van der Waals surface area contributed by atoms with Crippen molar-refractivity contribution in [3.8, 4) is 5.75 Å². The van der Waals surface area contributed by atoms with Gasteiger partial charge in [-0.15, -0.1) is 0 Å². The highest BCUT2D eigenvalue weighted by molar-refractivity contribution is 5.43. The third-order valence-corrected chi connectivity index (χ3v) is 3.38. The Hall–Kier alpha value is -1.06. The van der Waals surface area contributed by atoms with Gasteiger partial charge in [-0.25, -0.2) is 0 Å². The van der Waals surface area contributed by atoms with Gasteiger partial charge in [-0.1, -0.05) is 6.07 Å². The fraction of sp³-hybridized carbons (Fsp3) is 0.600. The highest BCUT2D eigenvalue weighted by Gasteiger charge is 2.22. The highest BCUT2D eigenvalue weighted by atomic mass is 16.5.